The van der Waals surface area contributed by atoms with Gasteiger partial charge < -0.3 is 0 Å². The molecule has 3 unspecified atom stereocenters. The Hall–Kier alpha value is 0.660. The molecule has 0 spiro atoms. The molecule has 0 N–H and O–H groups in total. The molecule has 13 heavy (non-hydrogen) atoms. The van der Waals surface area contributed by atoms with Crippen LogP contribution in [0.5, 0.6) is 0 Å². The van der Waals surface area contributed by atoms with E-state index in [-0.39, 0.29) is 0 Å². The molecule has 1 aliphatic heterocycles. The van der Waals surface area contributed by atoms with Crippen LogP contribution in [-0.2, 0) is 0 Å². The van der Waals surface area contributed by atoms with Gasteiger partial charge in [0, 0.05) is 3.58 Å². The van der Waals surface area contributed by atoms with E-state index in [0.717, 1.165) is 0 Å². The Kier molecular flexibility index (Phi) is 3.16. The Morgan fingerprint density at radius 3 is 3.23 bits per heavy atom. The molecule has 0 bridgehead atoms. The van der Waals surface area contributed by atoms with E-state index in [2.05, 4.69) is 55.9 Å². The monoisotopic (exact) mass is 323 g/mol. The second-order valence-electron chi connectivity index (χ2n) is 3.26. The van der Waals surface area contributed by atoms with E-state index in [4.69, 9.17) is 0 Å². The normalized spacial score (nSPS) is 33.0. The van der Waals surface area contributed by atoms with Gasteiger partial charge >= 0.3 is 0 Å². The molecule has 0 amide bonds. The van der Waals surface area contributed by atoms with Crippen molar-refractivity contribution in [1.29, 1.82) is 0 Å². The van der Waals surface area contributed by atoms with Crippen LogP contribution >= 0.6 is 43.6 Å². The summed E-state index contributed by atoms with van der Waals surface area (Å²) in [5, 5.41) is 1.80. The van der Waals surface area contributed by atoms with E-state index in [0.29, 0.717) is 10.9 Å². The number of fused-ring (bicyclic) bond motifs is 1. The predicted octanol–water partition coefficient (Wildman–Crippen LogP) is 3.37. The van der Waals surface area contributed by atoms with Gasteiger partial charge in [0.15, 0.2) is 0 Å². The van der Waals surface area contributed by atoms with Gasteiger partial charge in [0.05, 0.1) is 16.0 Å². The first kappa shape index (κ1) is 10.2. The van der Waals surface area contributed by atoms with Gasteiger partial charge in [-0.25, -0.2) is 0 Å². The van der Waals surface area contributed by atoms with Gasteiger partial charge in [-0.2, -0.15) is 0 Å². The predicted molar refractivity (Wildman–Crippen MR) is 72.8 cm³/mol. The molecule has 1 nitrogen and oxygen atoms in total. The summed E-state index contributed by atoms with van der Waals surface area (Å²) < 4.78 is 1.31. The highest BCUT2D eigenvalue weighted by Crippen LogP contribution is 2.38. The minimum atomic E-state index is 0.589. The lowest BCUT2D eigenvalue weighted by molar-refractivity contribution is 0.873. The highest BCUT2D eigenvalue weighted by atomic mass is 127. The highest BCUT2D eigenvalue weighted by molar-refractivity contribution is 14.1. The van der Waals surface area contributed by atoms with Gasteiger partial charge in [0.2, 0.25) is 0 Å². The number of halogens is 1. The summed E-state index contributed by atoms with van der Waals surface area (Å²) >= 11 is 4.27. The molecule has 2 rings (SSSR count). The van der Waals surface area contributed by atoms with Gasteiger partial charge in [0.25, 0.3) is 0 Å². The van der Waals surface area contributed by atoms with Crippen molar-refractivity contribution >= 4 is 48.6 Å². The summed E-state index contributed by atoms with van der Waals surface area (Å²) in [6.07, 6.45) is 5.69. The molecule has 2 aliphatic rings. The molecular weight excluding hydrogens is 312 g/mol. The maximum Gasteiger partial charge on any atom is 0.0710 e. The van der Waals surface area contributed by atoms with Gasteiger partial charge in [-0.05, 0) is 47.7 Å². The average molecular weight is 323 g/mol. The lowest BCUT2D eigenvalue weighted by atomic mass is 10.2. The summed E-state index contributed by atoms with van der Waals surface area (Å²) in [7, 11) is 2.89. The zero-order chi connectivity index (χ0) is 9.42. The number of hydrogen-bond donors (Lipinski definition) is 0. The first-order chi connectivity index (χ1) is 6.15. The Labute approximate surface area is 98.9 Å². The van der Waals surface area contributed by atoms with E-state index in [1.165, 1.54) is 20.7 Å². The van der Waals surface area contributed by atoms with Crippen molar-refractivity contribution in [3.8, 4) is 0 Å². The third-order valence-corrected chi connectivity index (χ3v) is 4.36. The van der Waals surface area contributed by atoms with Crippen LogP contribution in [0.3, 0.4) is 0 Å². The number of nitrogens with zero attached hydrogens (tertiary/aromatic N) is 1. The molecule has 0 saturated heterocycles. The van der Waals surface area contributed by atoms with Gasteiger partial charge in [-0.1, -0.05) is 6.08 Å². The number of aliphatic imine (C=N–C) groups is 1. The summed E-state index contributed by atoms with van der Waals surface area (Å²) in [4.78, 5) is 4.54. The van der Waals surface area contributed by atoms with Crippen molar-refractivity contribution in [2.75, 3.05) is 0 Å². The molecule has 0 saturated carbocycles. The lowest BCUT2D eigenvalue weighted by Gasteiger charge is -2.10. The van der Waals surface area contributed by atoms with Crippen LogP contribution in [0.2, 0.25) is 0 Å². The van der Waals surface area contributed by atoms with Crippen LogP contribution in [0.1, 0.15) is 13.3 Å². The SMILES string of the molecule is CC1=NC2=CC(I)=CC(P)CC2S1. The smallest absolute Gasteiger partial charge is 0.0710 e. The average Bonchev–Trinajstić information content (AvgIpc) is 2.24. The maximum atomic E-state index is 4.54. The molecule has 1 heterocycles. The van der Waals surface area contributed by atoms with Crippen molar-refractivity contribution in [2.24, 2.45) is 4.99 Å². The second kappa shape index (κ2) is 4.03. The Bertz CT molecular complexity index is 322. The van der Waals surface area contributed by atoms with Crippen molar-refractivity contribution in [3.63, 3.8) is 0 Å². The first-order valence-electron chi connectivity index (χ1n) is 4.21. The van der Waals surface area contributed by atoms with Gasteiger partial charge in [-0.3, -0.25) is 4.99 Å². The molecule has 1 aliphatic carbocycles. The Balaban J connectivity index is 2.30. The Morgan fingerprint density at radius 2 is 2.46 bits per heavy atom. The maximum absolute atomic E-state index is 4.54. The Morgan fingerprint density at radius 1 is 1.69 bits per heavy atom. The summed E-state index contributed by atoms with van der Waals surface area (Å²) in [5.74, 6) is 0. The van der Waals surface area contributed by atoms with Crippen LogP contribution in [0.4, 0.5) is 0 Å². The van der Waals surface area contributed by atoms with Crippen LogP contribution < -0.4 is 0 Å². The van der Waals surface area contributed by atoms with Gasteiger partial charge in [0.1, 0.15) is 0 Å². The third kappa shape index (κ3) is 2.37. The van der Waals surface area contributed by atoms with Crippen molar-refractivity contribution in [3.05, 3.63) is 21.4 Å². The summed E-state index contributed by atoms with van der Waals surface area (Å²) in [6.45, 7) is 2.09. The quantitative estimate of drug-likeness (QED) is 0.492. The van der Waals surface area contributed by atoms with Crippen molar-refractivity contribution in [1.82, 2.24) is 0 Å². The summed E-state index contributed by atoms with van der Waals surface area (Å²) in [6, 6.07) is 0. The van der Waals surface area contributed by atoms with Crippen molar-refractivity contribution < 1.29 is 0 Å². The molecule has 4 heteroatoms. The number of rotatable bonds is 0. The topological polar surface area (TPSA) is 12.4 Å². The second-order valence-corrected chi connectivity index (χ2v) is 6.76. The fourth-order valence-electron chi connectivity index (χ4n) is 1.55. The molecular formula is C9H11INPS. The molecule has 0 aromatic rings. The molecule has 0 fully saturated rings. The number of allylic oxidation sites excluding steroid dienone is 3. The molecule has 70 valence electrons. The van der Waals surface area contributed by atoms with Crippen LogP contribution in [0.15, 0.2) is 26.4 Å². The van der Waals surface area contributed by atoms with Crippen LogP contribution in [0.25, 0.3) is 0 Å². The van der Waals surface area contributed by atoms with Crippen LogP contribution in [0, 0.1) is 0 Å². The van der Waals surface area contributed by atoms with Gasteiger partial charge in [-0.15, -0.1) is 21.0 Å². The molecule has 0 aromatic heterocycles. The lowest BCUT2D eigenvalue weighted by Crippen LogP contribution is -2.06. The van der Waals surface area contributed by atoms with Crippen LogP contribution in [-0.4, -0.2) is 16.0 Å². The first-order valence-corrected chi connectivity index (χ1v) is 6.84. The van der Waals surface area contributed by atoms with E-state index in [1.54, 1.807) is 0 Å². The zero-order valence-electron chi connectivity index (χ0n) is 7.33. The standard InChI is InChI=1S/C9H11INPS/c1-5-11-8-3-6(10)2-7(12)4-9(8)13-5/h2-3,7,9H,4,12H2,1H3. The molecule has 0 radical (unpaired) electrons. The highest BCUT2D eigenvalue weighted by Gasteiger charge is 2.25. The third-order valence-electron chi connectivity index (χ3n) is 2.07. The number of thioether (sulfide) groups is 1. The fourth-order valence-corrected chi connectivity index (χ4v) is 4.53. The van der Waals surface area contributed by atoms with Crippen molar-refractivity contribution in [2.45, 2.75) is 24.3 Å². The molecule has 3 atom stereocenters. The van der Waals surface area contributed by atoms with E-state index >= 15 is 0 Å². The van der Waals surface area contributed by atoms with E-state index < -0.39 is 0 Å². The summed E-state index contributed by atoms with van der Waals surface area (Å²) in [5.41, 5.74) is 1.85. The number of hydrogen-bond acceptors (Lipinski definition) is 2. The minimum absolute atomic E-state index is 0.589. The van der Waals surface area contributed by atoms with E-state index in [9.17, 15) is 0 Å². The zero-order valence-corrected chi connectivity index (χ0v) is 11.5. The minimum Gasteiger partial charge on any atom is -0.250 e. The fraction of sp³-hybridized carbons (Fsp3) is 0.444. The van der Waals surface area contributed by atoms with E-state index in [1.807, 2.05) is 11.8 Å². The molecule has 0 aromatic carbocycles. The largest absolute Gasteiger partial charge is 0.250 e.